The number of nitrogens with zero attached hydrogens (tertiary/aromatic N) is 1. The van der Waals surface area contributed by atoms with E-state index in [1.54, 1.807) is 0 Å². The van der Waals surface area contributed by atoms with Gasteiger partial charge in [-0.05, 0) is 91.3 Å². The van der Waals surface area contributed by atoms with Crippen LogP contribution < -0.4 is 0 Å². The van der Waals surface area contributed by atoms with Gasteiger partial charge in [0.05, 0.1) is 6.10 Å². The van der Waals surface area contributed by atoms with Crippen molar-refractivity contribution in [2.45, 2.75) is 122 Å². The molecular formula is C27H46ClNO3. The fourth-order valence-corrected chi connectivity index (χ4v) is 10.1. The maximum absolute atomic E-state index is 12.3. The SMILES string of the molecule is CC(C)CCC[C@@H](C)[C@H]1CC[C@H]2[C@@H]3C[C@@H]([N+](=O)[O-])[C@@]4(Cl)C[C@@H](O)CC[C@]4(C)[C@H]3CC[C@]12C. The van der Waals surface area contributed by atoms with Gasteiger partial charge in [0, 0.05) is 11.3 Å². The highest BCUT2D eigenvalue weighted by atomic mass is 35.5. The molecule has 4 aliphatic carbocycles. The summed E-state index contributed by atoms with van der Waals surface area (Å²) in [4.78, 5) is 11.3. The van der Waals surface area contributed by atoms with E-state index in [1.807, 2.05) is 0 Å². The van der Waals surface area contributed by atoms with Gasteiger partial charge in [0.2, 0.25) is 6.04 Å². The van der Waals surface area contributed by atoms with E-state index < -0.39 is 17.0 Å². The summed E-state index contributed by atoms with van der Waals surface area (Å²) >= 11 is 7.23. The van der Waals surface area contributed by atoms with Crippen molar-refractivity contribution >= 4 is 11.6 Å². The Hall–Kier alpha value is -0.350. The van der Waals surface area contributed by atoms with Crippen LogP contribution in [0.2, 0.25) is 0 Å². The van der Waals surface area contributed by atoms with Crippen LogP contribution in [0.5, 0.6) is 0 Å². The lowest BCUT2D eigenvalue weighted by Gasteiger charge is -2.63. The molecule has 1 N–H and O–H groups in total. The Morgan fingerprint density at radius 2 is 1.78 bits per heavy atom. The molecular weight excluding hydrogens is 422 g/mol. The molecule has 0 aliphatic heterocycles. The standard InChI is InChI=1S/C27H46ClNO3/c1-17(2)7-6-8-18(3)21-9-10-22-20-15-24(29(31)32)27(28)16-19(30)11-14-26(27,5)23(20)12-13-25(21,22)4/h17-24,30H,6-16H2,1-5H3/t18-,19+,20+,21-,22+,23+,24-,25-,26-,27+/m1/s1. The van der Waals surface area contributed by atoms with E-state index in [9.17, 15) is 15.2 Å². The molecule has 0 aromatic carbocycles. The average Bonchev–Trinajstić information content (AvgIpc) is 3.05. The van der Waals surface area contributed by atoms with Gasteiger partial charge < -0.3 is 5.11 Å². The first kappa shape index (κ1) is 24.8. The molecule has 4 fully saturated rings. The van der Waals surface area contributed by atoms with E-state index in [4.69, 9.17) is 11.6 Å². The monoisotopic (exact) mass is 467 g/mol. The first-order chi connectivity index (χ1) is 14.9. The number of fused-ring (bicyclic) bond motifs is 5. The molecule has 0 aromatic rings. The summed E-state index contributed by atoms with van der Waals surface area (Å²) < 4.78 is 0. The summed E-state index contributed by atoms with van der Waals surface area (Å²) in [6, 6.07) is -0.741. The zero-order chi connectivity index (χ0) is 23.5. The first-order valence-corrected chi connectivity index (χ1v) is 13.8. The predicted octanol–water partition coefficient (Wildman–Crippen LogP) is 7.09. The van der Waals surface area contributed by atoms with Gasteiger partial charge in [-0.1, -0.05) is 53.9 Å². The zero-order valence-corrected chi connectivity index (χ0v) is 21.7. The minimum Gasteiger partial charge on any atom is -0.393 e. The molecule has 32 heavy (non-hydrogen) atoms. The minimum absolute atomic E-state index is 0.0908. The van der Waals surface area contributed by atoms with Gasteiger partial charge >= 0.3 is 0 Å². The van der Waals surface area contributed by atoms with E-state index in [0.29, 0.717) is 36.0 Å². The van der Waals surface area contributed by atoms with Crippen molar-refractivity contribution in [1.82, 2.24) is 0 Å². The van der Waals surface area contributed by atoms with Crippen LogP contribution in [0.1, 0.15) is 105 Å². The number of aliphatic hydroxyl groups excluding tert-OH is 1. The number of alkyl halides is 1. The largest absolute Gasteiger partial charge is 0.393 e. The van der Waals surface area contributed by atoms with Crippen LogP contribution in [-0.2, 0) is 0 Å². The van der Waals surface area contributed by atoms with E-state index in [1.165, 1.54) is 38.5 Å². The van der Waals surface area contributed by atoms with Gasteiger partial charge in [-0.25, -0.2) is 0 Å². The summed E-state index contributed by atoms with van der Waals surface area (Å²) in [6.45, 7) is 11.9. The normalized spacial score (nSPS) is 49.2. The Morgan fingerprint density at radius 3 is 2.44 bits per heavy atom. The first-order valence-electron chi connectivity index (χ1n) is 13.4. The Labute approximate surface area is 200 Å². The van der Waals surface area contributed by atoms with Crippen molar-refractivity contribution in [2.75, 3.05) is 0 Å². The summed E-state index contributed by atoms with van der Waals surface area (Å²) in [5.74, 6) is 3.71. The second-order valence-electron chi connectivity index (χ2n) is 13.1. The molecule has 5 heteroatoms. The van der Waals surface area contributed by atoms with Gasteiger partial charge in [0.15, 0.2) is 0 Å². The Kier molecular flexibility index (Phi) is 6.73. The summed E-state index contributed by atoms with van der Waals surface area (Å²) in [5, 5.41) is 22.7. The summed E-state index contributed by atoms with van der Waals surface area (Å²) in [7, 11) is 0. The molecule has 4 rings (SSSR count). The third kappa shape index (κ3) is 3.74. The average molecular weight is 468 g/mol. The number of nitro groups is 1. The Morgan fingerprint density at radius 1 is 1.06 bits per heavy atom. The molecule has 0 heterocycles. The molecule has 10 atom stereocenters. The van der Waals surface area contributed by atoms with Crippen molar-refractivity contribution in [1.29, 1.82) is 0 Å². The van der Waals surface area contributed by atoms with Crippen molar-refractivity contribution in [3.8, 4) is 0 Å². The lowest BCUT2D eigenvalue weighted by Crippen LogP contribution is -2.67. The van der Waals surface area contributed by atoms with Crippen LogP contribution >= 0.6 is 11.6 Å². The maximum Gasteiger partial charge on any atom is 0.232 e. The van der Waals surface area contributed by atoms with Crippen molar-refractivity contribution in [2.24, 2.45) is 46.3 Å². The van der Waals surface area contributed by atoms with E-state index in [2.05, 4.69) is 34.6 Å². The summed E-state index contributed by atoms with van der Waals surface area (Å²) in [5.41, 5.74) is 0.0627. The van der Waals surface area contributed by atoms with E-state index >= 15 is 0 Å². The molecule has 4 nitrogen and oxygen atoms in total. The van der Waals surface area contributed by atoms with E-state index in [-0.39, 0.29) is 10.3 Å². The lowest BCUT2D eigenvalue weighted by atomic mass is 9.43. The lowest BCUT2D eigenvalue weighted by molar-refractivity contribution is -0.543. The number of halogens is 1. The highest BCUT2D eigenvalue weighted by Crippen LogP contribution is 2.70. The molecule has 4 saturated carbocycles. The number of hydrogen-bond donors (Lipinski definition) is 1. The number of rotatable bonds is 6. The summed E-state index contributed by atoms with van der Waals surface area (Å²) in [6.07, 6.45) is 10.9. The number of hydrogen-bond acceptors (Lipinski definition) is 3. The molecule has 0 amide bonds. The van der Waals surface area contributed by atoms with Crippen LogP contribution in [-0.4, -0.2) is 27.0 Å². The second kappa shape index (κ2) is 8.70. The van der Waals surface area contributed by atoms with E-state index in [0.717, 1.165) is 37.0 Å². The van der Waals surface area contributed by atoms with Gasteiger partial charge in [-0.2, -0.15) is 0 Å². The Balaban J connectivity index is 1.59. The molecule has 0 unspecified atom stereocenters. The van der Waals surface area contributed by atoms with Gasteiger partial charge in [0.25, 0.3) is 0 Å². The highest BCUT2D eigenvalue weighted by molar-refractivity contribution is 6.25. The topological polar surface area (TPSA) is 63.4 Å². The molecule has 184 valence electrons. The molecule has 0 bridgehead atoms. The molecule has 0 aromatic heterocycles. The Bertz CT molecular complexity index is 715. The third-order valence-corrected chi connectivity index (χ3v) is 12.1. The molecule has 0 saturated heterocycles. The fourth-order valence-electron chi connectivity index (χ4n) is 9.49. The minimum atomic E-state index is -0.911. The van der Waals surface area contributed by atoms with Crippen LogP contribution in [0.25, 0.3) is 0 Å². The highest BCUT2D eigenvalue weighted by Gasteiger charge is 2.70. The van der Waals surface area contributed by atoms with Crippen molar-refractivity contribution in [3.05, 3.63) is 10.1 Å². The van der Waals surface area contributed by atoms with Crippen LogP contribution in [0.15, 0.2) is 0 Å². The maximum atomic E-state index is 12.3. The van der Waals surface area contributed by atoms with Crippen LogP contribution in [0, 0.1) is 56.5 Å². The van der Waals surface area contributed by atoms with Gasteiger partial charge in [-0.15, -0.1) is 11.6 Å². The van der Waals surface area contributed by atoms with Crippen LogP contribution in [0.4, 0.5) is 0 Å². The zero-order valence-electron chi connectivity index (χ0n) is 21.0. The number of aliphatic hydroxyl groups is 1. The molecule has 0 spiro atoms. The fraction of sp³-hybridized carbons (Fsp3) is 1.00. The third-order valence-electron chi connectivity index (χ3n) is 11.2. The molecule has 4 aliphatic rings. The molecule has 0 radical (unpaired) electrons. The smallest absolute Gasteiger partial charge is 0.232 e. The van der Waals surface area contributed by atoms with Crippen molar-refractivity contribution < 1.29 is 10.0 Å². The quantitative estimate of drug-likeness (QED) is 0.257. The van der Waals surface area contributed by atoms with Gasteiger partial charge in [-0.3, -0.25) is 10.1 Å². The van der Waals surface area contributed by atoms with Crippen LogP contribution in [0.3, 0.4) is 0 Å². The predicted molar refractivity (Wildman–Crippen MR) is 130 cm³/mol. The van der Waals surface area contributed by atoms with Gasteiger partial charge in [0.1, 0.15) is 4.87 Å². The second-order valence-corrected chi connectivity index (χ2v) is 13.8. The van der Waals surface area contributed by atoms with Crippen molar-refractivity contribution in [3.63, 3.8) is 0 Å².